The molecule has 0 aromatic heterocycles. The topological polar surface area (TPSA) is 9.23 Å². The Bertz CT molecular complexity index is 509. The maximum atomic E-state index is 5.51. The van der Waals surface area contributed by atoms with E-state index in [1.54, 1.807) is 7.11 Å². The Morgan fingerprint density at radius 2 is 1.88 bits per heavy atom. The largest absolute Gasteiger partial charge is 0.496 e. The highest BCUT2D eigenvalue weighted by molar-refractivity contribution is 9.08. The van der Waals surface area contributed by atoms with Gasteiger partial charge in [-0.05, 0) is 16.8 Å². The second-order valence-electron chi connectivity index (χ2n) is 3.54. The molecule has 0 heterocycles. The van der Waals surface area contributed by atoms with Crippen LogP contribution in [0.2, 0.25) is 0 Å². The van der Waals surface area contributed by atoms with Crippen LogP contribution in [-0.4, -0.2) is 7.11 Å². The van der Waals surface area contributed by atoms with Crippen molar-refractivity contribution in [3.8, 4) is 5.75 Å². The number of benzene rings is 2. The summed E-state index contributed by atoms with van der Waals surface area (Å²) in [6.45, 7) is 0. The van der Waals surface area contributed by atoms with Crippen LogP contribution in [0.25, 0.3) is 10.8 Å². The minimum Gasteiger partial charge on any atom is -0.496 e. The first-order valence-corrected chi connectivity index (χ1v) is 7.25. The van der Waals surface area contributed by atoms with Crippen molar-refractivity contribution in [1.82, 2.24) is 0 Å². The van der Waals surface area contributed by atoms with Gasteiger partial charge in [0.2, 0.25) is 0 Å². The minimum absolute atomic E-state index is 0.803. The van der Waals surface area contributed by atoms with Gasteiger partial charge in [0.25, 0.3) is 0 Å². The molecule has 0 atom stereocenters. The van der Waals surface area contributed by atoms with Gasteiger partial charge in [0.15, 0.2) is 0 Å². The molecular weight excluding hydrogens is 332 g/mol. The van der Waals surface area contributed by atoms with E-state index in [4.69, 9.17) is 4.74 Å². The third-order valence-electron chi connectivity index (χ3n) is 2.66. The van der Waals surface area contributed by atoms with Gasteiger partial charge in [-0.3, -0.25) is 0 Å². The zero-order valence-corrected chi connectivity index (χ0v) is 12.1. The van der Waals surface area contributed by atoms with Gasteiger partial charge < -0.3 is 4.74 Å². The molecule has 0 fully saturated rings. The number of alkyl halides is 2. The fourth-order valence-electron chi connectivity index (χ4n) is 1.95. The first-order valence-electron chi connectivity index (χ1n) is 5.01. The molecular formula is C13H12Br2O. The van der Waals surface area contributed by atoms with Crippen molar-refractivity contribution in [2.45, 2.75) is 10.7 Å². The SMILES string of the molecule is COc1c(CBr)cc2ccccc2c1CBr. The Morgan fingerprint density at radius 3 is 2.50 bits per heavy atom. The minimum atomic E-state index is 0.803. The monoisotopic (exact) mass is 342 g/mol. The number of ether oxygens (including phenoxy) is 1. The zero-order chi connectivity index (χ0) is 11.5. The molecule has 0 amide bonds. The summed E-state index contributed by atoms with van der Waals surface area (Å²) in [5.41, 5.74) is 2.41. The highest BCUT2D eigenvalue weighted by Crippen LogP contribution is 2.34. The molecule has 2 aromatic carbocycles. The molecule has 0 bridgehead atoms. The van der Waals surface area contributed by atoms with Crippen molar-refractivity contribution in [1.29, 1.82) is 0 Å². The number of fused-ring (bicyclic) bond motifs is 1. The first-order chi connectivity index (χ1) is 7.81. The molecule has 0 spiro atoms. The molecule has 1 nitrogen and oxygen atoms in total. The average Bonchev–Trinajstić information content (AvgIpc) is 2.36. The Hall–Kier alpha value is -0.540. The molecule has 2 aromatic rings. The number of rotatable bonds is 3. The highest BCUT2D eigenvalue weighted by atomic mass is 79.9. The van der Waals surface area contributed by atoms with E-state index < -0.39 is 0 Å². The predicted octanol–water partition coefficient (Wildman–Crippen LogP) is 4.64. The number of hydrogen-bond donors (Lipinski definition) is 0. The third kappa shape index (κ3) is 1.98. The molecule has 0 aliphatic rings. The van der Waals surface area contributed by atoms with E-state index in [1.165, 1.54) is 21.9 Å². The van der Waals surface area contributed by atoms with Crippen molar-refractivity contribution in [2.75, 3.05) is 7.11 Å². The van der Waals surface area contributed by atoms with Gasteiger partial charge >= 0.3 is 0 Å². The molecule has 0 aliphatic carbocycles. The number of methoxy groups -OCH3 is 1. The van der Waals surface area contributed by atoms with E-state index in [2.05, 4.69) is 62.2 Å². The van der Waals surface area contributed by atoms with E-state index >= 15 is 0 Å². The van der Waals surface area contributed by atoms with Crippen molar-refractivity contribution in [2.24, 2.45) is 0 Å². The lowest BCUT2D eigenvalue weighted by atomic mass is 10.0. The van der Waals surface area contributed by atoms with Gasteiger partial charge in [-0.25, -0.2) is 0 Å². The van der Waals surface area contributed by atoms with Gasteiger partial charge in [-0.15, -0.1) is 0 Å². The molecule has 0 unspecified atom stereocenters. The maximum absolute atomic E-state index is 5.51. The fraction of sp³-hybridized carbons (Fsp3) is 0.231. The number of hydrogen-bond acceptors (Lipinski definition) is 1. The molecule has 0 aliphatic heterocycles. The van der Waals surface area contributed by atoms with Crippen LogP contribution in [0.15, 0.2) is 30.3 Å². The Morgan fingerprint density at radius 1 is 1.12 bits per heavy atom. The molecule has 84 valence electrons. The molecule has 16 heavy (non-hydrogen) atoms. The number of halogens is 2. The second kappa shape index (κ2) is 5.19. The summed E-state index contributed by atoms with van der Waals surface area (Å²) in [6, 6.07) is 10.6. The summed E-state index contributed by atoms with van der Waals surface area (Å²) >= 11 is 7.04. The van der Waals surface area contributed by atoms with Crippen LogP contribution in [0, 0.1) is 0 Å². The van der Waals surface area contributed by atoms with Gasteiger partial charge in [0.05, 0.1) is 7.11 Å². The van der Waals surface area contributed by atoms with Crippen molar-refractivity contribution in [3.05, 3.63) is 41.5 Å². The zero-order valence-electron chi connectivity index (χ0n) is 8.97. The summed E-state index contributed by atoms with van der Waals surface area (Å²) in [6.07, 6.45) is 0. The van der Waals surface area contributed by atoms with Crippen LogP contribution in [0.1, 0.15) is 11.1 Å². The Labute approximate surface area is 112 Å². The van der Waals surface area contributed by atoms with E-state index in [0.717, 1.165) is 16.4 Å². The van der Waals surface area contributed by atoms with E-state index in [-0.39, 0.29) is 0 Å². The molecule has 0 saturated carbocycles. The van der Waals surface area contributed by atoms with Crippen LogP contribution in [0.5, 0.6) is 5.75 Å². The highest BCUT2D eigenvalue weighted by Gasteiger charge is 2.11. The van der Waals surface area contributed by atoms with Gasteiger partial charge in [0, 0.05) is 21.8 Å². The third-order valence-corrected chi connectivity index (χ3v) is 3.83. The standard InChI is InChI=1S/C13H12Br2O/c1-16-13-10(7-14)6-9-4-2-3-5-11(9)12(13)8-15/h2-6H,7-8H2,1H3. The fourth-order valence-corrected chi connectivity index (χ4v) is 2.93. The van der Waals surface area contributed by atoms with Crippen LogP contribution in [0.3, 0.4) is 0 Å². The summed E-state index contributed by atoms with van der Waals surface area (Å²) in [5, 5.41) is 4.12. The second-order valence-corrected chi connectivity index (χ2v) is 4.66. The average molecular weight is 344 g/mol. The summed E-state index contributed by atoms with van der Waals surface area (Å²) in [5.74, 6) is 0.979. The molecule has 2 rings (SSSR count). The summed E-state index contributed by atoms with van der Waals surface area (Å²) in [7, 11) is 1.72. The van der Waals surface area contributed by atoms with Gasteiger partial charge in [-0.1, -0.05) is 56.1 Å². The normalized spacial score (nSPS) is 10.7. The van der Waals surface area contributed by atoms with Crippen molar-refractivity contribution < 1.29 is 4.74 Å². The lowest BCUT2D eigenvalue weighted by Crippen LogP contribution is -1.96. The predicted molar refractivity (Wildman–Crippen MR) is 75.8 cm³/mol. The molecule has 0 saturated heterocycles. The molecule has 3 heteroatoms. The van der Waals surface area contributed by atoms with Crippen molar-refractivity contribution >= 4 is 42.6 Å². The van der Waals surface area contributed by atoms with Gasteiger partial charge in [0.1, 0.15) is 5.75 Å². The molecule has 0 radical (unpaired) electrons. The quantitative estimate of drug-likeness (QED) is 0.738. The smallest absolute Gasteiger partial charge is 0.127 e. The summed E-state index contributed by atoms with van der Waals surface area (Å²) < 4.78 is 5.51. The van der Waals surface area contributed by atoms with E-state index in [9.17, 15) is 0 Å². The first kappa shape index (κ1) is 11.9. The van der Waals surface area contributed by atoms with Crippen LogP contribution in [0.4, 0.5) is 0 Å². The van der Waals surface area contributed by atoms with Gasteiger partial charge in [-0.2, -0.15) is 0 Å². The van der Waals surface area contributed by atoms with Crippen LogP contribution < -0.4 is 4.74 Å². The summed E-state index contributed by atoms with van der Waals surface area (Å²) in [4.78, 5) is 0. The molecule has 0 N–H and O–H groups in total. The van der Waals surface area contributed by atoms with Crippen molar-refractivity contribution in [3.63, 3.8) is 0 Å². The Balaban J connectivity index is 2.82. The van der Waals surface area contributed by atoms with E-state index in [1.807, 2.05) is 0 Å². The van der Waals surface area contributed by atoms with Crippen LogP contribution in [-0.2, 0) is 10.7 Å². The maximum Gasteiger partial charge on any atom is 0.127 e. The lowest BCUT2D eigenvalue weighted by Gasteiger charge is -2.14. The lowest BCUT2D eigenvalue weighted by molar-refractivity contribution is 0.409. The van der Waals surface area contributed by atoms with E-state index in [0.29, 0.717) is 0 Å². The Kier molecular flexibility index (Phi) is 3.87. The van der Waals surface area contributed by atoms with Crippen LogP contribution >= 0.6 is 31.9 Å².